The van der Waals surface area contributed by atoms with Crippen molar-refractivity contribution in [1.29, 1.82) is 0 Å². The van der Waals surface area contributed by atoms with Crippen molar-refractivity contribution < 1.29 is 4.42 Å². The molecule has 0 radical (unpaired) electrons. The lowest BCUT2D eigenvalue weighted by molar-refractivity contribution is 0.590. The minimum absolute atomic E-state index is 0.0167. The van der Waals surface area contributed by atoms with Gasteiger partial charge >= 0.3 is 6.85 Å². The van der Waals surface area contributed by atoms with Gasteiger partial charge in [0.2, 0.25) is 0 Å². The number of furan rings is 1. The minimum atomic E-state index is -0.117. The molecule has 4 heterocycles. The molecule has 69 heavy (non-hydrogen) atoms. The number of hydrogen-bond donors (Lipinski definition) is 0. The molecule has 0 amide bonds. The van der Waals surface area contributed by atoms with Gasteiger partial charge in [0.05, 0.1) is 5.39 Å². The lowest BCUT2D eigenvalue weighted by Gasteiger charge is -2.42. The summed E-state index contributed by atoms with van der Waals surface area (Å²) in [6.07, 6.45) is 0. The minimum Gasteiger partial charge on any atom is -0.455 e. The highest BCUT2D eigenvalue weighted by Crippen LogP contribution is 2.51. The molecule has 2 aliphatic rings. The zero-order valence-corrected chi connectivity index (χ0v) is 42.3. The van der Waals surface area contributed by atoms with Crippen molar-refractivity contribution in [2.24, 2.45) is 0 Å². The van der Waals surface area contributed by atoms with Crippen molar-refractivity contribution in [2.75, 3.05) is 9.80 Å². The molecule has 0 saturated carbocycles. The van der Waals surface area contributed by atoms with Crippen LogP contribution in [-0.4, -0.2) is 11.3 Å². The van der Waals surface area contributed by atoms with Gasteiger partial charge in [-0.15, -0.1) is 0 Å². The number of rotatable bonds is 4. The molecular weight excluding hydrogens is 838 g/mol. The monoisotopic (exact) mass is 899 g/mol. The number of fused-ring (bicyclic) bond motifs is 11. The van der Waals surface area contributed by atoms with E-state index < -0.39 is 0 Å². The number of anilines is 6. The van der Waals surface area contributed by atoms with Crippen LogP contribution in [0.15, 0.2) is 162 Å². The van der Waals surface area contributed by atoms with Gasteiger partial charge in [0.15, 0.2) is 0 Å². The largest absolute Gasteiger partial charge is 0.455 e. The molecule has 0 N–H and O–H groups in total. The maximum Gasteiger partial charge on any atom is 0.333 e. The van der Waals surface area contributed by atoms with Crippen LogP contribution in [0.3, 0.4) is 0 Å². The molecule has 4 nitrogen and oxygen atoms in total. The molecule has 0 saturated heterocycles. The van der Waals surface area contributed by atoms with Crippen LogP contribution >= 0.6 is 0 Å². The summed E-state index contributed by atoms with van der Waals surface area (Å²) in [6.45, 7) is 27.5. The molecule has 0 fully saturated rings. The summed E-state index contributed by atoms with van der Waals surface area (Å²) in [5.74, 6) is 0. The standard InChI is InChI=1S/C64H62BN3O/c1-61(2,3)39-21-28-43(29-22-39)66(44-30-23-40(24-31-44)62(4,5)6)46-36-49-50-38-51-47-17-14-16-20-56(47)69-60(51)57-48-18-13-15-19-53(48)68(59(50)57)65-52-35-42(64(10,11)12)27-34-54(52)67(55(37-46)58(49)65)45-32-25-41(26-33-45)63(7,8)9/h13-38H,1-12H3. The lowest BCUT2D eigenvalue weighted by Crippen LogP contribution is -2.57. The normalized spacial score (nSPS) is 13.7. The second-order valence-electron chi connectivity index (χ2n) is 23.9. The summed E-state index contributed by atoms with van der Waals surface area (Å²) in [6, 6.07) is 60.2. The third kappa shape index (κ3) is 6.71. The van der Waals surface area contributed by atoms with E-state index in [2.05, 4.69) is 255 Å². The fourth-order valence-electron chi connectivity index (χ4n) is 11.3. The van der Waals surface area contributed by atoms with Crippen LogP contribution < -0.4 is 20.7 Å². The first-order valence-electron chi connectivity index (χ1n) is 24.9. The van der Waals surface area contributed by atoms with Crippen molar-refractivity contribution in [1.82, 2.24) is 4.48 Å². The van der Waals surface area contributed by atoms with Gasteiger partial charge in [0.25, 0.3) is 0 Å². The van der Waals surface area contributed by atoms with Crippen LogP contribution in [-0.2, 0) is 21.7 Å². The van der Waals surface area contributed by atoms with Crippen LogP contribution in [0.5, 0.6) is 0 Å². The SMILES string of the molecule is CC(C)(C)c1ccc(N(c2ccc(C(C)(C)C)cc2)c2cc3c4c(c2)N(c2ccc(C(C)(C)C)cc2)c2ccc(C(C)(C)C)cc2B4n2c4ccccc4c4c5oc6ccccc6c5cc-3c42)cc1. The van der Waals surface area contributed by atoms with Gasteiger partial charge in [-0.3, -0.25) is 0 Å². The first-order valence-corrected chi connectivity index (χ1v) is 24.9. The zero-order valence-electron chi connectivity index (χ0n) is 42.3. The smallest absolute Gasteiger partial charge is 0.333 e. The Morgan fingerprint density at radius 2 is 0.986 bits per heavy atom. The average molecular weight is 900 g/mol. The molecule has 0 atom stereocenters. The molecule has 0 unspecified atom stereocenters. The third-order valence-corrected chi connectivity index (χ3v) is 15.2. The van der Waals surface area contributed by atoms with E-state index in [1.165, 1.54) is 77.5 Å². The van der Waals surface area contributed by atoms with Crippen LogP contribution in [0.4, 0.5) is 34.1 Å². The Labute approximate surface area is 408 Å². The van der Waals surface area contributed by atoms with E-state index in [-0.39, 0.29) is 28.5 Å². The van der Waals surface area contributed by atoms with Crippen LogP contribution in [0, 0.1) is 0 Å². The average Bonchev–Trinajstić information content (AvgIpc) is 3.86. The van der Waals surface area contributed by atoms with Gasteiger partial charge in [-0.05, 0) is 133 Å². The molecule has 2 aliphatic heterocycles. The van der Waals surface area contributed by atoms with E-state index in [0.29, 0.717) is 0 Å². The molecule has 342 valence electrons. The topological polar surface area (TPSA) is 24.6 Å². The number of benzene rings is 8. The Balaban J connectivity index is 1.24. The second-order valence-corrected chi connectivity index (χ2v) is 23.9. The number of para-hydroxylation sites is 2. The molecule has 12 rings (SSSR count). The van der Waals surface area contributed by atoms with Crippen molar-refractivity contribution in [3.8, 4) is 11.1 Å². The second kappa shape index (κ2) is 14.8. The summed E-state index contributed by atoms with van der Waals surface area (Å²) < 4.78 is 9.63. The molecule has 0 aliphatic carbocycles. The molecule has 8 aromatic carbocycles. The van der Waals surface area contributed by atoms with Crippen LogP contribution in [0.2, 0.25) is 0 Å². The van der Waals surface area contributed by atoms with Gasteiger partial charge in [0.1, 0.15) is 11.2 Å². The first-order chi connectivity index (χ1) is 32.8. The van der Waals surface area contributed by atoms with E-state index in [0.717, 1.165) is 44.7 Å². The van der Waals surface area contributed by atoms with Crippen molar-refractivity contribution in [2.45, 2.75) is 105 Å². The highest BCUT2D eigenvalue weighted by Gasteiger charge is 2.44. The predicted octanol–water partition coefficient (Wildman–Crippen LogP) is 16.8. The highest BCUT2D eigenvalue weighted by molar-refractivity contribution is 6.90. The summed E-state index contributed by atoms with van der Waals surface area (Å²) >= 11 is 0. The molecule has 5 heteroatoms. The maximum atomic E-state index is 6.96. The van der Waals surface area contributed by atoms with Gasteiger partial charge in [-0.1, -0.05) is 168 Å². The fourth-order valence-corrected chi connectivity index (χ4v) is 11.3. The fraction of sp³-hybridized carbons (Fsp3) is 0.250. The summed E-state index contributed by atoms with van der Waals surface area (Å²) in [5, 5.41) is 4.66. The van der Waals surface area contributed by atoms with Crippen molar-refractivity contribution in [3.63, 3.8) is 0 Å². The van der Waals surface area contributed by atoms with Crippen molar-refractivity contribution in [3.05, 3.63) is 180 Å². The van der Waals surface area contributed by atoms with E-state index in [1.54, 1.807) is 0 Å². The van der Waals surface area contributed by atoms with Gasteiger partial charge in [-0.2, -0.15) is 0 Å². The van der Waals surface area contributed by atoms with E-state index in [9.17, 15) is 0 Å². The molecule has 0 bridgehead atoms. The molecular formula is C64H62BN3O. The summed E-state index contributed by atoms with van der Waals surface area (Å²) in [7, 11) is 0. The Morgan fingerprint density at radius 1 is 0.449 bits per heavy atom. The Hall–Kier alpha value is -6.98. The first kappa shape index (κ1) is 43.3. The van der Waals surface area contributed by atoms with Gasteiger partial charge in [-0.25, -0.2) is 0 Å². The van der Waals surface area contributed by atoms with Gasteiger partial charge < -0.3 is 18.7 Å². The molecule has 10 aromatic rings. The van der Waals surface area contributed by atoms with Crippen LogP contribution in [0.1, 0.15) is 105 Å². The predicted molar refractivity (Wildman–Crippen MR) is 297 cm³/mol. The molecule has 0 spiro atoms. The summed E-state index contributed by atoms with van der Waals surface area (Å²) in [5.41, 5.74) is 21.5. The number of hydrogen-bond acceptors (Lipinski definition) is 3. The Morgan fingerprint density at radius 3 is 1.58 bits per heavy atom. The zero-order chi connectivity index (χ0) is 48.1. The Kier molecular flexibility index (Phi) is 9.27. The van der Waals surface area contributed by atoms with E-state index in [1.807, 2.05) is 0 Å². The quantitative estimate of drug-likeness (QED) is 0.165. The van der Waals surface area contributed by atoms with E-state index in [4.69, 9.17) is 4.42 Å². The molecule has 2 aromatic heterocycles. The number of aromatic nitrogens is 1. The maximum absolute atomic E-state index is 6.96. The van der Waals surface area contributed by atoms with Crippen molar-refractivity contribution >= 4 is 95.6 Å². The third-order valence-electron chi connectivity index (χ3n) is 15.2. The van der Waals surface area contributed by atoms with Gasteiger partial charge in [0, 0.05) is 66.9 Å². The Bertz CT molecular complexity index is 3640. The highest BCUT2D eigenvalue weighted by atomic mass is 16.3. The lowest BCUT2D eigenvalue weighted by atomic mass is 9.44. The summed E-state index contributed by atoms with van der Waals surface area (Å²) in [4.78, 5) is 5.05. The van der Waals surface area contributed by atoms with Crippen LogP contribution in [0.25, 0.3) is 54.9 Å². The van der Waals surface area contributed by atoms with E-state index >= 15 is 0 Å². The number of nitrogens with zero attached hydrogens (tertiary/aromatic N) is 3.